The Labute approximate surface area is 137 Å². The second-order valence-corrected chi connectivity index (χ2v) is 6.05. The Morgan fingerprint density at radius 3 is 2.86 bits per heavy atom. The molecule has 1 amide bonds. The molecule has 0 spiro atoms. The molecule has 0 aliphatic carbocycles. The van der Waals surface area contributed by atoms with Crippen LogP contribution in [-0.2, 0) is 6.42 Å². The van der Waals surface area contributed by atoms with Gasteiger partial charge in [-0.2, -0.15) is 0 Å². The van der Waals surface area contributed by atoms with E-state index in [4.69, 9.17) is 23.2 Å². The number of hydrogen-bond donors (Lipinski definition) is 0. The summed E-state index contributed by atoms with van der Waals surface area (Å²) < 4.78 is 13.6. The maximum Gasteiger partial charge on any atom is 0.278 e. The van der Waals surface area contributed by atoms with Crippen LogP contribution in [0.3, 0.4) is 0 Å². The van der Waals surface area contributed by atoms with E-state index in [-0.39, 0.29) is 27.6 Å². The summed E-state index contributed by atoms with van der Waals surface area (Å²) in [4.78, 5) is 18.4. The Morgan fingerprint density at radius 1 is 1.32 bits per heavy atom. The van der Waals surface area contributed by atoms with Gasteiger partial charge in [-0.1, -0.05) is 23.2 Å². The Bertz CT molecular complexity index is 764. The molecule has 1 aliphatic heterocycles. The van der Waals surface area contributed by atoms with E-state index in [0.717, 1.165) is 29.7 Å². The van der Waals surface area contributed by atoms with Crippen molar-refractivity contribution in [3.05, 3.63) is 57.1 Å². The van der Waals surface area contributed by atoms with E-state index >= 15 is 0 Å². The van der Waals surface area contributed by atoms with Gasteiger partial charge in [0.15, 0.2) is 0 Å². The molecule has 114 valence electrons. The van der Waals surface area contributed by atoms with Gasteiger partial charge in [0.1, 0.15) is 16.7 Å². The topological polar surface area (TPSA) is 33.2 Å². The van der Waals surface area contributed by atoms with Gasteiger partial charge in [-0.25, -0.2) is 9.37 Å². The second kappa shape index (κ2) is 5.86. The molecule has 1 aliphatic rings. The zero-order valence-corrected chi connectivity index (χ0v) is 13.4. The number of nitrogens with zero attached hydrogens (tertiary/aromatic N) is 2. The van der Waals surface area contributed by atoms with E-state index in [0.29, 0.717) is 6.54 Å². The second-order valence-electron chi connectivity index (χ2n) is 5.26. The average Bonchev–Trinajstić information content (AvgIpc) is 2.48. The molecule has 0 bridgehead atoms. The standard InChI is InChI=1S/C16H13Cl2FN2O/c1-9-7-11(19)8-10-3-2-6-21(15(9)10)16(22)14-12(17)4-5-13(18)20-14/h4-5,7-8H,2-3,6H2,1H3. The fourth-order valence-corrected chi connectivity index (χ4v) is 3.15. The maximum absolute atomic E-state index is 13.6. The maximum atomic E-state index is 13.6. The highest BCUT2D eigenvalue weighted by atomic mass is 35.5. The molecular formula is C16H13Cl2FN2O. The van der Waals surface area contributed by atoms with Crippen LogP contribution in [0.15, 0.2) is 24.3 Å². The summed E-state index contributed by atoms with van der Waals surface area (Å²) in [7, 11) is 0. The van der Waals surface area contributed by atoms with Crippen LogP contribution in [0.2, 0.25) is 10.2 Å². The molecule has 2 aromatic rings. The first-order valence-corrected chi connectivity index (χ1v) is 7.66. The lowest BCUT2D eigenvalue weighted by atomic mass is 9.97. The van der Waals surface area contributed by atoms with E-state index in [1.807, 2.05) is 0 Å². The van der Waals surface area contributed by atoms with E-state index in [2.05, 4.69) is 4.98 Å². The van der Waals surface area contributed by atoms with Crippen molar-refractivity contribution in [3.8, 4) is 0 Å². The van der Waals surface area contributed by atoms with Gasteiger partial charge in [0.05, 0.1) is 10.7 Å². The fraction of sp³-hybridized carbons (Fsp3) is 0.250. The van der Waals surface area contributed by atoms with Gasteiger partial charge in [0, 0.05) is 6.54 Å². The monoisotopic (exact) mass is 338 g/mol. The molecule has 0 fully saturated rings. The lowest BCUT2D eigenvalue weighted by Gasteiger charge is -2.31. The van der Waals surface area contributed by atoms with E-state index in [1.165, 1.54) is 18.2 Å². The number of pyridine rings is 1. The molecule has 6 heteroatoms. The summed E-state index contributed by atoms with van der Waals surface area (Å²) in [6.45, 7) is 2.34. The number of hydrogen-bond acceptors (Lipinski definition) is 2. The van der Waals surface area contributed by atoms with Crippen molar-refractivity contribution >= 4 is 34.8 Å². The largest absolute Gasteiger partial charge is 0.306 e. The summed E-state index contributed by atoms with van der Waals surface area (Å²) in [5, 5.41) is 0.460. The molecular weight excluding hydrogens is 326 g/mol. The van der Waals surface area contributed by atoms with Crippen LogP contribution in [-0.4, -0.2) is 17.4 Å². The number of aromatic nitrogens is 1. The zero-order chi connectivity index (χ0) is 15.9. The lowest BCUT2D eigenvalue weighted by molar-refractivity contribution is 0.0980. The molecule has 0 unspecified atom stereocenters. The Kier molecular flexibility index (Phi) is 4.06. The van der Waals surface area contributed by atoms with Crippen molar-refractivity contribution in [2.24, 2.45) is 0 Å². The third-order valence-corrected chi connectivity index (χ3v) is 4.22. The SMILES string of the molecule is Cc1cc(F)cc2c1N(C(=O)c1nc(Cl)ccc1Cl)CCC2. The Hall–Kier alpha value is -1.65. The number of fused-ring (bicyclic) bond motifs is 1. The smallest absolute Gasteiger partial charge is 0.278 e. The van der Waals surface area contributed by atoms with Gasteiger partial charge in [0.2, 0.25) is 0 Å². The molecule has 0 atom stereocenters. The molecule has 0 saturated carbocycles. The van der Waals surface area contributed by atoms with Gasteiger partial charge in [-0.3, -0.25) is 4.79 Å². The van der Waals surface area contributed by atoms with Crippen molar-refractivity contribution in [2.75, 3.05) is 11.4 Å². The van der Waals surface area contributed by atoms with Crippen LogP contribution in [0.4, 0.5) is 10.1 Å². The first-order valence-electron chi connectivity index (χ1n) is 6.90. The van der Waals surface area contributed by atoms with Crippen molar-refractivity contribution in [2.45, 2.75) is 19.8 Å². The summed E-state index contributed by atoms with van der Waals surface area (Å²) in [6, 6.07) is 5.99. The number of anilines is 1. The first-order chi connectivity index (χ1) is 10.5. The summed E-state index contributed by atoms with van der Waals surface area (Å²) in [5.74, 6) is -0.604. The van der Waals surface area contributed by atoms with Gasteiger partial charge in [-0.05, 0) is 55.2 Å². The zero-order valence-electron chi connectivity index (χ0n) is 11.9. The normalized spacial score (nSPS) is 13.9. The molecule has 0 radical (unpaired) electrons. The number of halogens is 3. The van der Waals surface area contributed by atoms with Gasteiger partial charge in [-0.15, -0.1) is 0 Å². The van der Waals surface area contributed by atoms with Crippen molar-refractivity contribution < 1.29 is 9.18 Å². The van der Waals surface area contributed by atoms with E-state index in [1.54, 1.807) is 17.9 Å². The predicted octanol–water partition coefficient (Wildman–Crippen LogP) is 4.43. The first kappa shape index (κ1) is 15.3. The molecule has 2 heterocycles. The molecule has 22 heavy (non-hydrogen) atoms. The summed E-state index contributed by atoms with van der Waals surface area (Å²) >= 11 is 11.9. The number of carbonyl (C=O) groups is 1. The minimum atomic E-state index is -0.317. The highest BCUT2D eigenvalue weighted by molar-refractivity contribution is 6.35. The van der Waals surface area contributed by atoms with Crippen LogP contribution < -0.4 is 4.90 Å². The van der Waals surface area contributed by atoms with Crippen LogP contribution >= 0.6 is 23.2 Å². The van der Waals surface area contributed by atoms with E-state index in [9.17, 15) is 9.18 Å². The van der Waals surface area contributed by atoms with Crippen LogP contribution in [0.1, 0.15) is 28.0 Å². The van der Waals surface area contributed by atoms with Gasteiger partial charge in [0.25, 0.3) is 5.91 Å². The highest BCUT2D eigenvalue weighted by Crippen LogP contribution is 2.33. The molecule has 3 rings (SSSR count). The quantitative estimate of drug-likeness (QED) is 0.720. The number of carbonyl (C=O) groups excluding carboxylic acids is 1. The lowest BCUT2D eigenvalue weighted by Crippen LogP contribution is -2.36. The molecule has 0 N–H and O–H groups in total. The minimum absolute atomic E-state index is 0.116. The highest BCUT2D eigenvalue weighted by Gasteiger charge is 2.28. The molecule has 1 aromatic heterocycles. The average molecular weight is 339 g/mol. The third-order valence-electron chi connectivity index (χ3n) is 3.70. The summed E-state index contributed by atoms with van der Waals surface area (Å²) in [5.41, 5.74) is 2.41. The van der Waals surface area contributed by atoms with Crippen molar-refractivity contribution in [3.63, 3.8) is 0 Å². The number of rotatable bonds is 1. The molecule has 0 saturated heterocycles. The number of benzene rings is 1. The number of aryl methyl sites for hydroxylation is 2. The van der Waals surface area contributed by atoms with Crippen LogP contribution in [0.25, 0.3) is 0 Å². The van der Waals surface area contributed by atoms with Gasteiger partial charge >= 0.3 is 0 Å². The summed E-state index contributed by atoms with van der Waals surface area (Å²) in [6.07, 6.45) is 1.51. The van der Waals surface area contributed by atoms with Crippen molar-refractivity contribution in [1.82, 2.24) is 4.98 Å². The van der Waals surface area contributed by atoms with Crippen LogP contribution in [0.5, 0.6) is 0 Å². The Balaban J connectivity index is 2.08. The molecule has 1 aromatic carbocycles. The Morgan fingerprint density at radius 2 is 2.09 bits per heavy atom. The molecule has 3 nitrogen and oxygen atoms in total. The number of amides is 1. The van der Waals surface area contributed by atoms with Gasteiger partial charge < -0.3 is 4.90 Å². The third kappa shape index (κ3) is 2.69. The van der Waals surface area contributed by atoms with Crippen LogP contribution in [0, 0.1) is 12.7 Å². The predicted molar refractivity (Wildman–Crippen MR) is 85.4 cm³/mol. The fourth-order valence-electron chi connectivity index (χ4n) is 2.82. The van der Waals surface area contributed by atoms with Crippen molar-refractivity contribution in [1.29, 1.82) is 0 Å². The minimum Gasteiger partial charge on any atom is -0.306 e. The van der Waals surface area contributed by atoms with E-state index < -0.39 is 0 Å².